The molecule has 5 heteroatoms. The van der Waals surface area contributed by atoms with E-state index in [1.54, 1.807) is 13.8 Å². The maximum Gasteiger partial charge on any atom is 0.190 e. The normalized spacial score (nSPS) is 48.0. The van der Waals surface area contributed by atoms with Crippen LogP contribution in [0.2, 0.25) is 0 Å². The lowest BCUT2D eigenvalue weighted by molar-refractivity contribution is -0.218. The highest BCUT2D eigenvalue weighted by molar-refractivity contribution is 4.92. The summed E-state index contributed by atoms with van der Waals surface area (Å²) >= 11 is 0. The van der Waals surface area contributed by atoms with Crippen LogP contribution in [0, 0.1) is 0 Å². The van der Waals surface area contributed by atoms with E-state index in [2.05, 4.69) is 0 Å². The van der Waals surface area contributed by atoms with Crippen LogP contribution in [0.3, 0.4) is 0 Å². The number of hydrogen-bond donors (Lipinski definition) is 2. The fourth-order valence-electron chi connectivity index (χ4n) is 1.71. The summed E-state index contributed by atoms with van der Waals surface area (Å²) in [6, 6.07) is 0. The van der Waals surface area contributed by atoms with Crippen molar-refractivity contribution in [3.05, 3.63) is 0 Å². The maximum atomic E-state index is 9.60. The van der Waals surface area contributed by atoms with Crippen LogP contribution in [-0.4, -0.2) is 47.2 Å². The third-order valence-electron chi connectivity index (χ3n) is 2.29. The Morgan fingerprint density at radius 2 is 2.00 bits per heavy atom. The summed E-state index contributed by atoms with van der Waals surface area (Å²) in [5.41, 5.74) is 0. The van der Waals surface area contributed by atoms with Crippen LogP contribution < -0.4 is 0 Å². The Balaban J connectivity index is 2.07. The van der Waals surface area contributed by atoms with Crippen LogP contribution in [0.1, 0.15) is 13.8 Å². The molecule has 2 aliphatic heterocycles. The summed E-state index contributed by atoms with van der Waals surface area (Å²) in [5, 5.41) is 18.4. The highest BCUT2D eigenvalue weighted by Gasteiger charge is 2.53. The van der Waals surface area contributed by atoms with Crippen LogP contribution in [0.4, 0.5) is 0 Å². The zero-order valence-electron chi connectivity index (χ0n) is 7.64. The second-order valence-electron chi connectivity index (χ2n) is 3.82. The molecule has 2 heterocycles. The number of aliphatic hydroxyl groups is 2. The Morgan fingerprint density at radius 3 is 2.54 bits per heavy atom. The first-order chi connectivity index (χ1) is 6.03. The highest BCUT2D eigenvalue weighted by Crippen LogP contribution is 2.36. The molecule has 0 bridgehead atoms. The molecule has 0 aliphatic carbocycles. The number of ether oxygens (including phenoxy) is 3. The summed E-state index contributed by atoms with van der Waals surface area (Å²) in [5.74, 6) is -0.712. The first-order valence-electron chi connectivity index (χ1n) is 4.33. The minimum atomic E-state index is -0.809. The molecule has 1 unspecified atom stereocenters. The largest absolute Gasteiger partial charge is 0.394 e. The topological polar surface area (TPSA) is 68.2 Å². The average molecular weight is 190 g/mol. The van der Waals surface area contributed by atoms with Gasteiger partial charge in [-0.15, -0.1) is 0 Å². The number of rotatable bonds is 1. The second kappa shape index (κ2) is 2.90. The summed E-state index contributed by atoms with van der Waals surface area (Å²) in [6.07, 6.45) is -2.43. The van der Waals surface area contributed by atoms with Crippen molar-refractivity contribution >= 4 is 0 Å². The van der Waals surface area contributed by atoms with Crippen molar-refractivity contribution in [2.75, 3.05) is 6.61 Å². The molecular formula is C8H14O5. The van der Waals surface area contributed by atoms with E-state index >= 15 is 0 Å². The van der Waals surface area contributed by atoms with E-state index in [0.29, 0.717) is 0 Å². The van der Waals surface area contributed by atoms with Gasteiger partial charge >= 0.3 is 0 Å². The molecule has 5 nitrogen and oxygen atoms in total. The molecule has 76 valence electrons. The molecule has 2 saturated heterocycles. The third kappa shape index (κ3) is 1.47. The second-order valence-corrected chi connectivity index (χ2v) is 3.82. The Hall–Kier alpha value is -0.200. The van der Waals surface area contributed by atoms with E-state index < -0.39 is 30.4 Å². The molecule has 0 radical (unpaired) electrons. The van der Waals surface area contributed by atoms with Crippen LogP contribution in [0.15, 0.2) is 0 Å². The van der Waals surface area contributed by atoms with Gasteiger partial charge in [-0.3, -0.25) is 0 Å². The standard InChI is InChI=1S/C8H14O5/c1-8(2)12-6-5(10)4(3-9)11-7(6)13-8/h4-7,9-10H,3H2,1-2H3/t4-,5?,6+,7-/m0/s1. The zero-order chi connectivity index (χ0) is 9.64. The van der Waals surface area contributed by atoms with Crippen molar-refractivity contribution in [2.45, 2.75) is 44.2 Å². The van der Waals surface area contributed by atoms with Gasteiger partial charge in [-0.05, 0) is 13.8 Å². The van der Waals surface area contributed by atoms with Gasteiger partial charge in [0.2, 0.25) is 0 Å². The molecule has 0 amide bonds. The van der Waals surface area contributed by atoms with Gasteiger partial charge in [-0.1, -0.05) is 0 Å². The maximum absolute atomic E-state index is 9.60. The highest BCUT2D eigenvalue weighted by atomic mass is 16.8. The molecule has 0 saturated carbocycles. The molecule has 13 heavy (non-hydrogen) atoms. The van der Waals surface area contributed by atoms with Gasteiger partial charge in [0.15, 0.2) is 12.1 Å². The van der Waals surface area contributed by atoms with Gasteiger partial charge in [0.1, 0.15) is 18.3 Å². The lowest BCUT2D eigenvalue weighted by Crippen LogP contribution is -2.36. The average Bonchev–Trinajstić information content (AvgIpc) is 2.47. The molecule has 0 spiro atoms. The Morgan fingerprint density at radius 1 is 1.31 bits per heavy atom. The molecular weight excluding hydrogens is 176 g/mol. The molecule has 2 fully saturated rings. The smallest absolute Gasteiger partial charge is 0.190 e. The van der Waals surface area contributed by atoms with Crippen LogP contribution >= 0.6 is 0 Å². The minimum absolute atomic E-state index is 0.221. The SMILES string of the molecule is CC1(C)O[C@@H]2O[C@@H](CO)C(O)[C@H]2O1. The van der Waals surface area contributed by atoms with Crippen molar-refractivity contribution < 1.29 is 24.4 Å². The number of fused-ring (bicyclic) bond motifs is 1. The Kier molecular flexibility index (Phi) is 2.08. The van der Waals surface area contributed by atoms with E-state index in [4.69, 9.17) is 19.3 Å². The number of hydrogen-bond acceptors (Lipinski definition) is 5. The summed E-state index contributed by atoms with van der Waals surface area (Å²) in [6.45, 7) is 3.30. The van der Waals surface area contributed by atoms with E-state index in [1.165, 1.54) is 0 Å². The van der Waals surface area contributed by atoms with Gasteiger partial charge in [-0.25, -0.2) is 0 Å². The summed E-state index contributed by atoms with van der Waals surface area (Å²) in [7, 11) is 0. The first kappa shape index (κ1) is 9.36. The lowest BCUT2D eigenvalue weighted by atomic mass is 10.1. The van der Waals surface area contributed by atoms with Crippen molar-refractivity contribution in [3.63, 3.8) is 0 Å². The quantitative estimate of drug-likeness (QED) is 0.567. The third-order valence-corrected chi connectivity index (χ3v) is 2.29. The van der Waals surface area contributed by atoms with Crippen molar-refractivity contribution in [1.29, 1.82) is 0 Å². The molecule has 0 aromatic heterocycles. The molecule has 2 N–H and O–H groups in total. The zero-order valence-corrected chi connectivity index (χ0v) is 7.64. The van der Waals surface area contributed by atoms with Gasteiger partial charge in [0.25, 0.3) is 0 Å². The predicted molar refractivity (Wildman–Crippen MR) is 41.8 cm³/mol. The minimum Gasteiger partial charge on any atom is -0.394 e. The van der Waals surface area contributed by atoms with Gasteiger partial charge in [0, 0.05) is 0 Å². The van der Waals surface area contributed by atoms with Crippen molar-refractivity contribution in [2.24, 2.45) is 0 Å². The van der Waals surface area contributed by atoms with E-state index in [9.17, 15) is 5.11 Å². The Bertz CT molecular complexity index is 205. The van der Waals surface area contributed by atoms with Gasteiger partial charge < -0.3 is 24.4 Å². The van der Waals surface area contributed by atoms with Crippen LogP contribution in [0.5, 0.6) is 0 Å². The van der Waals surface area contributed by atoms with Crippen molar-refractivity contribution in [1.82, 2.24) is 0 Å². The lowest BCUT2D eigenvalue weighted by Gasteiger charge is -2.21. The monoisotopic (exact) mass is 190 g/mol. The van der Waals surface area contributed by atoms with Gasteiger partial charge in [-0.2, -0.15) is 0 Å². The number of aliphatic hydroxyl groups excluding tert-OH is 2. The fraction of sp³-hybridized carbons (Fsp3) is 1.00. The first-order valence-corrected chi connectivity index (χ1v) is 4.33. The van der Waals surface area contributed by atoms with Gasteiger partial charge in [0.05, 0.1) is 6.61 Å². The Labute approximate surface area is 76.2 Å². The molecule has 2 rings (SSSR count). The van der Waals surface area contributed by atoms with Crippen LogP contribution in [0.25, 0.3) is 0 Å². The molecule has 2 aliphatic rings. The fourth-order valence-corrected chi connectivity index (χ4v) is 1.71. The van der Waals surface area contributed by atoms with E-state index in [0.717, 1.165) is 0 Å². The van der Waals surface area contributed by atoms with Crippen molar-refractivity contribution in [3.8, 4) is 0 Å². The van der Waals surface area contributed by atoms with Crippen LogP contribution in [-0.2, 0) is 14.2 Å². The van der Waals surface area contributed by atoms with E-state index in [-0.39, 0.29) is 6.61 Å². The molecule has 0 aromatic carbocycles. The van der Waals surface area contributed by atoms with E-state index in [1.807, 2.05) is 0 Å². The summed E-state index contributed by atoms with van der Waals surface area (Å²) < 4.78 is 16.0. The predicted octanol–water partition coefficient (Wildman–Crippen LogP) is -0.784. The summed E-state index contributed by atoms with van der Waals surface area (Å²) in [4.78, 5) is 0. The molecule has 0 aromatic rings. The molecule has 4 atom stereocenters.